The predicted molar refractivity (Wildman–Crippen MR) is 81.0 cm³/mol. The first-order valence-electron chi connectivity index (χ1n) is 8.65. The third-order valence-electron chi connectivity index (χ3n) is 5.23. The minimum absolute atomic E-state index is 0.0630. The quantitative estimate of drug-likeness (QED) is 0.836. The lowest BCUT2D eigenvalue weighted by Gasteiger charge is -2.38. The Hall–Kier alpha value is -1.31. The second-order valence-corrected chi connectivity index (χ2v) is 7.31. The van der Waals surface area contributed by atoms with Crippen molar-refractivity contribution in [2.45, 2.75) is 50.9 Å². The van der Waals surface area contributed by atoms with Crippen molar-refractivity contribution in [1.29, 1.82) is 0 Å². The van der Waals surface area contributed by atoms with Crippen molar-refractivity contribution in [3.05, 3.63) is 0 Å². The minimum Gasteiger partial charge on any atom is -0.342 e. The normalized spacial score (nSPS) is 31.7. The van der Waals surface area contributed by atoms with Crippen molar-refractivity contribution in [2.24, 2.45) is 11.8 Å². The van der Waals surface area contributed by atoms with Gasteiger partial charge in [0.2, 0.25) is 11.8 Å². The molecule has 0 spiro atoms. The molecule has 3 fully saturated rings. The van der Waals surface area contributed by atoms with E-state index in [-0.39, 0.29) is 30.3 Å². The molecule has 2 heterocycles. The van der Waals surface area contributed by atoms with Crippen molar-refractivity contribution in [2.75, 3.05) is 26.2 Å². The Morgan fingerprint density at radius 3 is 2.50 bits per heavy atom. The average Bonchev–Trinajstić information content (AvgIpc) is 3.29. The second-order valence-electron chi connectivity index (χ2n) is 7.31. The summed E-state index contributed by atoms with van der Waals surface area (Å²) in [6.45, 7) is 2.30. The first-order valence-corrected chi connectivity index (χ1v) is 8.65. The van der Waals surface area contributed by atoms with E-state index in [1.54, 1.807) is 0 Å². The molecule has 5 nitrogen and oxygen atoms in total. The fraction of sp³-hybridized carbons (Fsp3) is 0.875. The molecule has 2 amide bonds. The summed E-state index contributed by atoms with van der Waals surface area (Å²) in [7, 11) is 0. The molecule has 0 radical (unpaired) electrons. The number of likely N-dealkylation sites (tertiary alicyclic amines) is 2. The van der Waals surface area contributed by atoms with Crippen LogP contribution in [0.15, 0.2) is 0 Å². The highest BCUT2D eigenvalue weighted by Gasteiger charge is 2.41. The van der Waals surface area contributed by atoms with Gasteiger partial charge >= 0.3 is 6.18 Å². The summed E-state index contributed by atoms with van der Waals surface area (Å²) in [5.41, 5.74) is 0. The largest absolute Gasteiger partial charge is 0.406 e. The summed E-state index contributed by atoms with van der Waals surface area (Å²) in [6, 6.07) is -0.474. The maximum atomic E-state index is 12.5. The van der Waals surface area contributed by atoms with Gasteiger partial charge in [0.15, 0.2) is 0 Å². The molecule has 1 aliphatic carbocycles. The van der Waals surface area contributed by atoms with Crippen molar-refractivity contribution in [3.8, 4) is 0 Å². The summed E-state index contributed by atoms with van der Waals surface area (Å²) in [5, 5.41) is 3.24. The standard InChI is InChI=1S/C16H24F3N3O2/c1-10-8-21(14(23)11-2-3-11)6-4-12(10)20-13-5-7-22(15(13)24)9-16(17,18)19/h10-13,20H,2-9H2,1H3/t10-,12-,13+/m1/s1. The third kappa shape index (κ3) is 4.02. The molecule has 1 saturated carbocycles. The monoisotopic (exact) mass is 347 g/mol. The lowest BCUT2D eigenvalue weighted by molar-refractivity contribution is -0.158. The van der Waals surface area contributed by atoms with Gasteiger partial charge in [-0.1, -0.05) is 6.92 Å². The predicted octanol–water partition coefficient (Wildman–Crippen LogP) is 1.39. The van der Waals surface area contributed by atoms with E-state index in [4.69, 9.17) is 0 Å². The van der Waals surface area contributed by atoms with E-state index in [2.05, 4.69) is 5.32 Å². The van der Waals surface area contributed by atoms with Gasteiger partial charge in [-0.2, -0.15) is 13.2 Å². The van der Waals surface area contributed by atoms with Crippen LogP contribution in [-0.2, 0) is 9.59 Å². The molecule has 1 N–H and O–H groups in total. The molecule has 2 saturated heterocycles. The molecular formula is C16H24F3N3O2. The zero-order valence-electron chi connectivity index (χ0n) is 13.8. The smallest absolute Gasteiger partial charge is 0.342 e. The number of piperidine rings is 1. The summed E-state index contributed by atoms with van der Waals surface area (Å²) in [4.78, 5) is 27.0. The Labute approximate surface area is 139 Å². The number of carbonyl (C=O) groups is 2. The number of alkyl halides is 3. The lowest BCUT2D eigenvalue weighted by Crippen LogP contribution is -2.54. The molecule has 0 aromatic carbocycles. The second kappa shape index (κ2) is 6.54. The van der Waals surface area contributed by atoms with Crippen LogP contribution in [-0.4, -0.2) is 66.1 Å². The van der Waals surface area contributed by atoms with Crippen LogP contribution >= 0.6 is 0 Å². The van der Waals surface area contributed by atoms with E-state index in [1.165, 1.54) is 0 Å². The fourth-order valence-electron chi connectivity index (χ4n) is 3.71. The van der Waals surface area contributed by atoms with E-state index < -0.39 is 24.7 Å². The topological polar surface area (TPSA) is 52.7 Å². The van der Waals surface area contributed by atoms with E-state index in [1.807, 2.05) is 11.8 Å². The highest BCUT2D eigenvalue weighted by Crippen LogP contribution is 2.32. The number of hydrogen-bond acceptors (Lipinski definition) is 3. The molecule has 24 heavy (non-hydrogen) atoms. The Morgan fingerprint density at radius 1 is 1.21 bits per heavy atom. The van der Waals surface area contributed by atoms with Crippen LogP contribution in [0.4, 0.5) is 13.2 Å². The Bertz CT molecular complexity index is 507. The van der Waals surface area contributed by atoms with Crippen molar-refractivity contribution in [1.82, 2.24) is 15.1 Å². The molecule has 0 aromatic heterocycles. The van der Waals surface area contributed by atoms with E-state index in [0.29, 0.717) is 19.5 Å². The SMILES string of the molecule is C[C@@H]1CN(C(=O)C2CC2)CC[C@H]1N[C@H]1CCN(CC(F)(F)F)C1=O. The molecule has 3 aliphatic rings. The first-order chi connectivity index (χ1) is 11.2. The van der Waals surface area contributed by atoms with E-state index in [9.17, 15) is 22.8 Å². The number of amides is 2. The number of halogens is 3. The van der Waals surface area contributed by atoms with E-state index >= 15 is 0 Å². The fourth-order valence-corrected chi connectivity index (χ4v) is 3.71. The Kier molecular flexibility index (Phi) is 4.77. The van der Waals surface area contributed by atoms with Gasteiger partial charge < -0.3 is 15.1 Å². The van der Waals surface area contributed by atoms with Crippen molar-refractivity contribution < 1.29 is 22.8 Å². The van der Waals surface area contributed by atoms with Crippen molar-refractivity contribution in [3.63, 3.8) is 0 Å². The van der Waals surface area contributed by atoms with Crippen molar-refractivity contribution >= 4 is 11.8 Å². The number of rotatable bonds is 4. The zero-order valence-corrected chi connectivity index (χ0v) is 13.8. The van der Waals surface area contributed by atoms with Gasteiger partial charge in [0.05, 0.1) is 6.04 Å². The van der Waals surface area contributed by atoms with Crippen LogP contribution in [0, 0.1) is 11.8 Å². The van der Waals surface area contributed by atoms with Crippen LogP contribution in [0.3, 0.4) is 0 Å². The number of carbonyl (C=O) groups excluding carboxylic acids is 2. The summed E-state index contributed by atoms with van der Waals surface area (Å²) < 4.78 is 37.4. The van der Waals surface area contributed by atoms with Gasteiger partial charge in [0, 0.05) is 31.6 Å². The van der Waals surface area contributed by atoms with Crippen LogP contribution < -0.4 is 5.32 Å². The number of nitrogens with one attached hydrogen (secondary N) is 1. The molecule has 2 aliphatic heterocycles. The number of hydrogen-bond donors (Lipinski definition) is 1. The molecule has 0 unspecified atom stereocenters. The average molecular weight is 347 g/mol. The van der Waals surface area contributed by atoms with Gasteiger partial charge in [-0.3, -0.25) is 9.59 Å². The highest BCUT2D eigenvalue weighted by atomic mass is 19.4. The van der Waals surface area contributed by atoms with Crippen LogP contribution in [0.25, 0.3) is 0 Å². The molecule has 0 aromatic rings. The zero-order chi connectivity index (χ0) is 17.5. The summed E-state index contributed by atoms with van der Waals surface area (Å²) >= 11 is 0. The molecule has 0 bridgehead atoms. The van der Waals surface area contributed by atoms with E-state index in [0.717, 1.165) is 24.2 Å². The molecule has 8 heteroatoms. The van der Waals surface area contributed by atoms with Gasteiger partial charge in [0.1, 0.15) is 6.54 Å². The minimum atomic E-state index is -4.35. The Morgan fingerprint density at radius 2 is 1.92 bits per heavy atom. The van der Waals surface area contributed by atoms with Crippen LogP contribution in [0.2, 0.25) is 0 Å². The summed E-state index contributed by atoms with van der Waals surface area (Å²) in [6.07, 6.45) is -1.24. The number of nitrogens with zero attached hydrogens (tertiary/aromatic N) is 2. The molecule has 3 rings (SSSR count). The van der Waals surface area contributed by atoms with Crippen LogP contribution in [0.1, 0.15) is 32.6 Å². The molecule has 136 valence electrons. The molecule has 3 atom stereocenters. The lowest BCUT2D eigenvalue weighted by atomic mass is 9.92. The van der Waals surface area contributed by atoms with Gasteiger partial charge in [-0.05, 0) is 31.6 Å². The van der Waals surface area contributed by atoms with Gasteiger partial charge in [-0.25, -0.2) is 0 Å². The maximum Gasteiger partial charge on any atom is 0.406 e. The maximum absolute atomic E-state index is 12.5. The highest BCUT2D eigenvalue weighted by molar-refractivity contribution is 5.84. The summed E-state index contributed by atoms with van der Waals surface area (Å²) in [5.74, 6) is 0.157. The van der Waals surface area contributed by atoms with Gasteiger partial charge in [-0.15, -0.1) is 0 Å². The Balaban J connectivity index is 1.50. The van der Waals surface area contributed by atoms with Crippen LogP contribution in [0.5, 0.6) is 0 Å². The molecular weight excluding hydrogens is 323 g/mol. The van der Waals surface area contributed by atoms with Gasteiger partial charge in [0.25, 0.3) is 0 Å². The first kappa shape index (κ1) is 17.5. The third-order valence-corrected chi connectivity index (χ3v) is 5.23.